The number of nitrogens with zero attached hydrogens (tertiary/aromatic N) is 3. The van der Waals surface area contributed by atoms with Crippen LogP contribution in [0.3, 0.4) is 0 Å². The zero-order chi connectivity index (χ0) is 12.9. The number of likely N-dealkylation sites (N-methyl/N-ethyl adjacent to an activating group) is 1. The Kier molecular flexibility index (Phi) is 2.48. The number of benzene rings is 1. The highest BCUT2D eigenvalue weighted by Crippen LogP contribution is 2.48. The maximum absolute atomic E-state index is 9.24. The van der Waals surface area contributed by atoms with E-state index in [1.54, 1.807) is 0 Å². The van der Waals surface area contributed by atoms with Crippen LogP contribution in [0, 0.1) is 17.2 Å². The van der Waals surface area contributed by atoms with Crippen LogP contribution in [0.2, 0.25) is 0 Å². The van der Waals surface area contributed by atoms with Gasteiger partial charge in [-0.05, 0) is 26.5 Å². The molecule has 0 radical (unpaired) electrons. The Labute approximate surface area is 109 Å². The number of hydrogen-bond acceptors (Lipinski definition) is 3. The van der Waals surface area contributed by atoms with Gasteiger partial charge in [-0.2, -0.15) is 5.26 Å². The van der Waals surface area contributed by atoms with E-state index in [1.165, 1.54) is 5.56 Å². The van der Waals surface area contributed by atoms with Crippen molar-refractivity contribution in [3.63, 3.8) is 0 Å². The normalized spacial score (nSPS) is 32.0. The maximum Gasteiger partial charge on any atom is 0.0920 e. The summed E-state index contributed by atoms with van der Waals surface area (Å²) in [6.07, 6.45) is 0.287. The van der Waals surface area contributed by atoms with Gasteiger partial charge in [0.05, 0.1) is 18.2 Å². The third-order valence-corrected chi connectivity index (χ3v) is 4.58. The second kappa shape index (κ2) is 3.81. The Morgan fingerprint density at radius 3 is 2.44 bits per heavy atom. The first-order chi connectivity index (χ1) is 8.57. The van der Waals surface area contributed by atoms with E-state index in [4.69, 9.17) is 0 Å². The average molecular weight is 241 g/mol. The first kappa shape index (κ1) is 11.7. The smallest absolute Gasteiger partial charge is 0.0920 e. The molecule has 4 rings (SSSR count). The van der Waals surface area contributed by atoms with Crippen molar-refractivity contribution in [1.29, 1.82) is 5.26 Å². The molecule has 0 aliphatic carbocycles. The first-order valence-electron chi connectivity index (χ1n) is 6.51. The highest BCUT2D eigenvalue weighted by atomic mass is 15.5. The van der Waals surface area contributed by atoms with Crippen molar-refractivity contribution in [3.8, 4) is 6.07 Å². The van der Waals surface area contributed by atoms with Crippen LogP contribution in [0.15, 0.2) is 30.3 Å². The lowest BCUT2D eigenvalue weighted by Crippen LogP contribution is -2.65. The van der Waals surface area contributed by atoms with E-state index in [-0.39, 0.29) is 17.6 Å². The van der Waals surface area contributed by atoms with Gasteiger partial charge in [0.25, 0.3) is 0 Å². The molecule has 0 saturated carbocycles. The van der Waals surface area contributed by atoms with Crippen LogP contribution >= 0.6 is 0 Å². The molecule has 3 fully saturated rings. The van der Waals surface area contributed by atoms with Gasteiger partial charge >= 0.3 is 0 Å². The lowest BCUT2D eigenvalue weighted by molar-refractivity contribution is -0.0805. The second-order valence-corrected chi connectivity index (χ2v) is 5.91. The Morgan fingerprint density at radius 1 is 1.28 bits per heavy atom. The third kappa shape index (κ3) is 1.36. The standard InChI is InChI=1S/C15H19N3/c1-15(2,11-7-5-4-6-8-11)18-13-10-17(3)14(18)12(13)9-16/h4-8,12-14H,10H2,1-3H3. The summed E-state index contributed by atoms with van der Waals surface area (Å²) in [5, 5.41) is 9.24. The molecule has 3 heterocycles. The number of rotatable bonds is 2. The molecule has 3 unspecified atom stereocenters. The predicted molar refractivity (Wildman–Crippen MR) is 70.6 cm³/mol. The average Bonchev–Trinajstić information content (AvgIpc) is 2.85. The quantitative estimate of drug-likeness (QED) is 0.793. The molecule has 1 aromatic carbocycles. The van der Waals surface area contributed by atoms with Crippen LogP contribution in [0.5, 0.6) is 0 Å². The monoisotopic (exact) mass is 241 g/mol. The number of hydrogen-bond donors (Lipinski definition) is 0. The van der Waals surface area contributed by atoms with Gasteiger partial charge in [0.1, 0.15) is 0 Å². The van der Waals surface area contributed by atoms with Crippen LogP contribution in [-0.4, -0.2) is 35.6 Å². The first-order valence-corrected chi connectivity index (χ1v) is 6.51. The molecule has 94 valence electrons. The van der Waals surface area contributed by atoms with Gasteiger partial charge in [-0.15, -0.1) is 0 Å². The zero-order valence-corrected chi connectivity index (χ0v) is 11.2. The zero-order valence-electron chi connectivity index (χ0n) is 11.2. The van der Waals surface area contributed by atoms with Crippen LogP contribution in [0.1, 0.15) is 19.4 Å². The highest BCUT2D eigenvalue weighted by molar-refractivity contribution is 5.28. The van der Waals surface area contributed by atoms with Gasteiger partial charge in [-0.1, -0.05) is 30.3 Å². The molecule has 0 aromatic heterocycles. The van der Waals surface area contributed by atoms with E-state index in [0.29, 0.717) is 6.04 Å². The molecule has 0 spiro atoms. The van der Waals surface area contributed by atoms with Gasteiger partial charge in [0.15, 0.2) is 0 Å². The molecule has 3 atom stereocenters. The summed E-state index contributed by atoms with van der Waals surface area (Å²) in [4.78, 5) is 4.81. The second-order valence-electron chi connectivity index (χ2n) is 5.91. The highest BCUT2D eigenvalue weighted by Gasteiger charge is 2.61. The van der Waals surface area contributed by atoms with Gasteiger partial charge in [0.2, 0.25) is 0 Å². The van der Waals surface area contributed by atoms with Crippen molar-refractivity contribution >= 4 is 0 Å². The van der Waals surface area contributed by atoms with Gasteiger partial charge in [-0.25, -0.2) is 0 Å². The Morgan fingerprint density at radius 2 is 1.94 bits per heavy atom. The van der Waals surface area contributed by atoms with Crippen LogP contribution in [-0.2, 0) is 5.54 Å². The van der Waals surface area contributed by atoms with Crippen LogP contribution in [0.4, 0.5) is 0 Å². The summed E-state index contributed by atoms with van der Waals surface area (Å²) in [6.45, 7) is 5.53. The maximum atomic E-state index is 9.24. The molecule has 3 saturated heterocycles. The number of nitriles is 1. The Balaban J connectivity index is 1.92. The minimum absolute atomic E-state index is 0.00525. The molecule has 3 heteroatoms. The fraction of sp³-hybridized carbons (Fsp3) is 0.533. The predicted octanol–water partition coefficient (Wildman–Crippen LogP) is 2.02. The van der Waals surface area contributed by atoms with Gasteiger partial charge in [-0.3, -0.25) is 9.80 Å². The Bertz CT molecular complexity index is 488. The van der Waals surface area contributed by atoms with E-state index in [9.17, 15) is 5.26 Å². The fourth-order valence-electron chi connectivity index (χ4n) is 3.62. The topological polar surface area (TPSA) is 30.3 Å². The molecule has 18 heavy (non-hydrogen) atoms. The lowest BCUT2D eigenvalue weighted by atomic mass is 9.81. The van der Waals surface area contributed by atoms with Gasteiger partial charge in [0, 0.05) is 18.1 Å². The SMILES string of the molecule is CN1CC2C(C#N)C1N2C(C)(C)c1ccccc1. The molecule has 1 aromatic rings. The summed E-state index contributed by atoms with van der Waals surface area (Å²) in [5.41, 5.74) is 1.32. The molecule has 3 aliphatic heterocycles. The van der Waals surface area contributed by atoms with Crippen LogP contribution in [0.25, 0.3) is 0 Å². The Hall–Kier alpha value is -1.37. The van der Waals surface area contributed by atoms with Crippen molar-refractivity contribution in [3.05, 3.63) is 35.9 Å². The van der Waals surface area contributed by atoms with Crippen molar-refractivity contribution in [2.24, 2.45) is 5.92 Å². The minimum Gasteiger partial charge on any atom is -0.288 e. The van der Waals surface area contributed by atoms with Crippen LogP contribution < -0.4 is 0 Å². The summed E-state index contributed by atoms with van der Waals surface area (Å²) in [5.74, 6) is 0.179. The van der Waals surface area contributed by atoms with Crippen molar-refractivity contribution < 1.29 is 0 Å². The van der Waals surface area contributed by atoms with E-state index in [0.717, 1.165) is 6.54 Å². The van der Waals surface area contributed by atoms with E-state index >= 15 is 0 Å². The molecule has 0 amide bonds. The minimum atomic E-state index is -0.00525. The third-order valence-electron chi connectivity index (χ3n) is 4.58. The van der Waals surface area contributed by atoms with E-state index in [1.807, 2.05) is 0 Å². The lowest BCUT2D eigenvalue weighted by Gasteiger charge is -2.53. The molecular formula is C15H19N3. The van der Waals surface area contributed by atoms with Crippen molar-refractivity contribution in [1.82, 2.24) is 9.80 Å². The molecule has 3 nitrogen and oxygen atoms in total. The summed E-state index contributed by atoms with van der Waals surface area (Å²) in [7, 11) is 2.12. The van der Waals surface area contributed by atoms with E-state index < -0.39 is 0 Å². The van der Waals surface area contributed by atoms with Gasteiger partial charge < -0.3 is 0 Å². The molecule has 3 aliphatic rings. The van der Waals surface area contributed by atoms with E-state index in [2.05, 4.69) is 67.1 Å². The fourth-order valence-corrected chi connectivity index (χ4v) is 3.62. The summed E-state index contributed by atoms with van der Waals surface area (Å²) >= 11 is 0. The summed E-state index contributed by atoms with van der Waals surface area (Å²) in [6, 6.07) is 13.4. The molecule has 0 N–H and O–H groups in total. The molecule has 2 bridgehead atoms. The summed E-state index contributed by atoms with van der Waals surface area (Å²) < 4.78 is 0. The van der Waals surface area contributed by atoms with Crippen molar-refractivity contribution in [2.75, 3.05) is 13.6 Å². The largest absolute Gasteiger partial charge is 0.288 e. The molecular weight excluding hydrogens is 222 g/mol. The number of fused-ring (bicyclic) bond motifs is 1. The van der Waals surface area contributed by atoms with Crippen molar-refractivity contribution in [2.45, 2.75) is 31.6 Å².